The second-order valence-corrected chi connectivity index (χ2v) is 1.94. The van der Waals surface area contributed by atoms with Gasteiger partial charge >= 0.3 is 12.1 Å². The summed E-state index contributed by atoms with van der Waals surface area (Å²) in [4.78, 5) is 10.1. The molecule has 0 heterocycles. The van der Waals surface area contributed by atoms with Crippen molar-refractivity contribution in [3.63, 3.8) is 0 Å². The van der Waals surface area contributed by atoms with E-state index in [-0.39, 0.29) is 0 Å². The third kappa shape index (κ3) is 3.86. The molecule has 0 aliphatic carbocycles. The normalized spacial score (nSPS) is 12.8. The maximum atomic E-state index is 11.5. The molecular weight excluding hydrogens is 173 g/mol. The maximum absolute atomic E-state index is 11.5. The largest absolute Gasteiger partial charge is 0.490 e. The van der Waals surface area contributed by atoms with Gasteiger partial charge in [-0.05, 0) is 13.8 Å². The smallest absolute Gasteiger partial charge is 0.443 e. The highest BCUT2D eigenvalue weighted by molar-refractivity contribution is 5.75. The molecule has 0 aromatic carbocycles. The molecule has 12 heavy (non-hydrogen) atoms. The Kier molecular flexibility index (Phi) is 3.61. The summed E-state index contributed by atoms with van der Waals surface area (Å²) in [6.45, 7) is 2.71. The SMILES string of the molecule is CC#CC(C)OC(=O)C(F)(F)F. The van der Waals surface area contributed by atoms with Crippen LogP contribution in [0, 0.1) is 11.8 Å². The van der Waals surface area contributed by atoms with Gasteiger partial charge in [-0.3, -0.25) is 0 Å². The molecule has 68 valence electrons. The van der Waals surface area contributed by atoms with E-state index in [0.29, 0.717) is 0 Å². The van der Waals surface area contributed by atoms with E-state index in [1.807, 2.05) is 0 Å². The fourth-order valence-corrected chi connectivity index (χ4v) is 0.460. The van der Waals surface area contributed by atoms with Gasteiger partial charge in [0.15, 0.2) is 6.10 Å². The predicted octanol–water partition coefficient (Wildman–Crippen LogP) is 1.50. The van der Waals surface area contributed by atoms with Crippen LogP contribution in [0.1, 0.15) is 13.8 Å². The Morgan fingerprint density at radius 3 is 2.33 bits per heavy atom. The molecule has 1 atom stereocenters. The van der Waals surface area contributed by atoms with Gasteiger partial charge in [0.1, 0.15) is 0 Å². The van der Waals surface area contributed by atoms with Gasteiger partial charge in [-0.1, -0.05) is 5.92 Å². The van der Waals surface area contributed by atoms with Crippen LogP contribution in [0.25, 0.3) is 0 Å². The number of hydrogen-bond acceptors (Lipinski definition) is 2. The lowest BCUT2D eigenvalue weighted by molar-refractivity contribution is -0.201. The van der Waals surface area contributed by atoms with Crippen LogP contribution in [0.4, 0.5) is 13.2 Å². The topological polar surface area (TPSA) is 26.3 Å². The molecule has 0 saturated heterocycles. The summed E-state index contributed by atoms with van der Waals surface area (Å²) in [5.74, 6) is 2.37. The van der Waals surface area contributed by atoms with Gasteiger partial charge in [-0.25, -0.2) is 4.79 Å². The molecule has 0 N–H and O–H groups in total. The second kappa shape index (κ2) is 4.00. The molecule has 0 fully saturated rings. The molecule has 0 radical (unpaired) electrons. The summed E-state index contributed by atoms with van der Waals surface area (Å²) in [7, 11) is 0. The van der Waals surface area contributed by atoms with Gasteiger partial charge in [0.05, 0.1) is 0 Å². The standard InChI is InChI=1S/C7H7F3O2/c1-3-4-5(2)12-6(11)7(8,9)10/h5H,1-2H3. The second-order valence-electron chi connectivity index (χ2n) is 1.94. The third-order valence-corrected chi connectivity index (χ3v) is 0.863. The predicted molar refractivity (Wildman–Crippen MR) is 35.1 cm³/mol. The van der Waals surface area contributed by atoms with Crippen LogP contribution in [-0.4, -0.2) is 18.2 Å². The number of alkyl halides is 3. The average molecular weight is 180 g/mol. The fraction of sp³-hybridized carbons (Fsp3) is 0.571. The van der Waals surface area contributed by atoms with Crippen LogP contribution >= 0.6 is 0 Å². The van der Waals surface area contributed by atoms with Crippen molar-refractivity contribution in [3.8, 4) is 11.8 Å². The first-order valence-corrected chi connectivity index (χ1v) is 3.08. The van der Waals surface area contributed by atoms with Gasteiger partial charge in [0.25, 0.3) is 0 Å². The lowest BCUT2D eigenvalue weighted by Gasteiger charge is -2.08. The molecule has 0 rings (SSSR count). The first-order valence-electron chi connectivity index (χ1n) is 3.08. The summed E-state index contributed by atoms with van der Waals surface area (Å²) in [6, 6.07) is 0. The van der Waals surface area contributed by atoms with Crippen molar-refractivity contribution in [2.45, 2.75) is 26.1 Å². The van der Waals surface area contributed by atoms with Gasteiger partial charge in [0, 0.05) is 0 Å². The van der Waals surface area contributed by atoms with Crippen LogP contribution < -0.4 is 0 Å². The Hall–Kier alpha value is -1.18. The highest BCUT2D eigenvalue weighted by Gasteiger charge is 2.41. The molecule has 0 aromatic rings. The highest BCUT2D eigenvalue weighted by Crippen LogP contribution is 2.17. The summed E-state index contributed by atoms with van der Waals surface area (Å²) >= 11 is 0. The first kappa shape index (κ1) is 10.8. The van der Waals surface area contributed by atoms with Crippen LogP contribution in [0.2, 0.25) is 0 Å². The van der Waals surface area contributed by atoms with Crippen molar-refractivity contribution in [3.05, 3.63) is 0 Å². The van der Waals surface area contributed by atoms with E-state index in [1.54, 1.807) is 0 Å². The van der Waals surface area contributed by atoms with Crippen molar-refractivity contribution >= 4 is 5.97 Å². The molecule has 0 aliphatic rings. The number of carbonyl (C=O) groups is 1. The minimum absolute atomic E-state index is 1.02. The van der Waals surface area contributed by atoms with Crippen molar-refractivity contribution < 1.29 is 22.7 Å². The summed E-state index contributed by atoms with van der Waals surface area (Å²) in [5.41, 5.74) is 0. The summed E-state index contributed by atoms with van der Waals surface area (Å²) < 4.78 is 38.5. The Morgan fingerprint density at radius 2 is 2.00 bits per heavy atom. The van der Waals surface area contributed by atoms with E-state index in [2.05, 4.69) is 16.6 Å². The van der Waals surface area contributed by atoms with Crippen LogP contribution in [0.3, 0.4) is 0 Å². The third-order valence-electron chi connectivity index (χ3n) is 0.863. The summed E-state index contributed by atoms with van der Waals surface area (Å²) in [6.07, 6.45) is -5.96. The van der Waals surface area contributed by atoms with Crippen molar-refractivity contribution in [1.82, 2.24) is 0 Å². The number of ether oxygens (including phenoxy) is 1. The molecule has 1 unspecified atom stereocenters. The molecule has 0 aromatic heterocycles. The lowest BCUT2D eigenvalue weighted by atomic mass is 10.4. The molecule has 0 bridgehead atoms. The first-order chi connectivity index (χ1) is 5.38. The Balaban J connectivity index is 4.08. The van der Waals surface area contributed by atoms with Gasteiger partial charge in [-0.2, -0.15) is 13.2 Å². The van der Waals surface area contributed by atoms with Crippen LogP contribution in [0.5, 0.6) is 0 Å². The Morgan fingerprint density at radius 1 is 1.50 bits per heavy atom. The Labute approximate surface area is 67.7 Å². The molecule has 0 saturated carbocycles. The van der Waals surface area contributed by atoms with E-state index in [4.69, 9.17) is 0 Å². The average Bonchev–Trinajstić information content (AvgIpc) is 1.85. The maximum Gasteiger partial charge on any atom is 0.490 e. The van der Waals surface area contributed by atoms with Crippen molar-refractivity contribution in [1.29, 1.82) is 0 Å². The molecule has 0 spiro atoms. The van der Waals surface area contributed by atoms with E-state index in [1.165, 1.54) is 13.8 Å². The van der Waals surface area contributed by atoms with E-state index < -0.39 is 18.2 Å². The van der Waals surface area contributed by atoms with Crippen LogP contribution in [0.15, 0.2) is 0 Å². The van der Waals surface area contributed by atoms with Gasteiger partial charge in [0.2, 0.25) is 0 Å². The molecular formula is C7H7F3O2. The molecule has 0 amide bonds. The zero-order valence-corrected chi connectivity index (χ0v) is 6.53. The summed E-state index contributed by atoms with van der Waals surface area (Å²) in [5, 5.41) is 0. The van der Waals surface area contributed by atoms with Gasteiger partial charge < -0.3 is 4.74 Å². The number of carbonyl (C=O) groups excluding carboxylic acids is 1. The zero-order chi connectivity index (χ0) is 9.78. The molecule has 2 nitrogen and oxygen atoms in total. The van der Waals surface area contributed by atoms with E-state index in [9.17, 15) is 18.0 Å². The van der Waals surface area contributed by atoms with Crippen molar-refractivity contribution in [2.24, 2.45) is 0 Å². The number of hydrogen-bond donors (Lipinski definition) is 0. The molecule has 0 aliphatic heterocycles. The molecule has 5 heteroatoms. The van der Waals surface area contributed by atoms with Crippen LogP contribution in [-0.2, 0) is 9.53 Å². The monoisotopic (exact) mass is 180 g/mol. The number of rotatable bonds is 1. The fourth-order valence-electron chi connectivity index (χ4n) is 0.460. The highest BCUT2D eigenvalue weighted by atomic mass is 19.4. The number of halogens is 3. The van der Waals surface area contributed by atoms with Crippen molar-refractivity contribution in [2.75, 3.05) is 0 Å². The number of esters is 1. The van der Waals surface area contributed by atoms with E-state index >= 15 is 0 Å². The zero-order valence-electron chi connectivity index (χ0n) is 6.53. The van der Waals surface area contributed by atoms with E-state index in [0.717, 1.165) is 0 Å². The van der Waals surface area contributed by atoms with Gasteiger partial charge in [-0.15, -0.1) is 5.92 Å². The quantitative estimate of drug-likeness (QED) is 0.451. The minimum atomic E-state index is -4.94. The Bertz CT molecular complexity index is 221. The minimum Gasteiger partial charge on any atom is -0.443 e. The lowest BCUT2D eigenvalue weighted by Crippen LogP contribution is -2.28.